The first-order chi connectivity index (χ1) is 9.02. The van der Waals surface area contributed by atoms with Crippen molar-refractivity contribution in [2.75, 3.05) is 13.2 Å². The van der Waals surface area contributed by atoms with Crippen molar-refractivity contribution in [1.82, 2.24) is 5.32 Å². The second-order valence-corrected chi connectivity index (χ2v) is 4.55. The lowest BCUT2D eigenvalue weighted by atomic mass is 10.1. The zero-order chi connectivity index (χ0) is 14.3. The molecule has 4 N–H and O–H groups in total. The Hall–Kier alpha value is -1.47. The highest BCUT2D eigenvalue weighted by atomic mass is 16.5. The summed E-state index contributed by atoms with van der Waals surface area (Å²) in [5, 5.41) is 11.2. The summed E-state index contributed by atoms with van der Waals surface area (Å²) < 4.78 is 5.02. The second-order valence-electron chi connectivity index (χ2n) is 4.55. The predicted octanol–water partition coefficient (Wildman–Crippen LogP) is -0.567. The van der Waals surface area contributed by atoms with E-state index in [0.717, 1.165) is 12.8 Å². The van der Waals surface area contributed by atoms with E-state index in [1.807, 2.05) is 0 Å². The van der Waals surface area contributed by atoms with Crippen LogP contribution >= 0.6 is 0 Å². The molecule has 0 aliphatic carbocycles. The van der Waals surface area contributed by atoms with Gasteiger partial charge in [0.2, 0.25) is 0 Å². The third kappa shape index (κ3) is 5.35. The van der Waals surface area contributed by atoms with E-state index in [-0.39, 0.29) is 11.7 Å². The predicted molar refractivity (Wildman–Crippen MR) is 66.5 cm³/mol. The van der Waals surface area contributed by atoms with Crippen LogP contribution in [0, 0.1) is 0 Å². The first kappa shape index (κ1) is 15.6. The quantitative estimate of drug-likeness (QED) is 0.402. The molecule has 0 aromatic heterocycles. The number of nitrogens with two attached hydrogens (primary N) is 1. The summed E-state index contributed by atoms with van der Waals surface area (Å²) >= 11 is 0. The highest BCUT2D eigenvalue weighted by Crippen LogP contribution is 2.08. The molecule has 0 radical (unpaired) electrons. The number of carbonyl (C=O) groups excluding carboxylic acids is 2. The van der Waals surface area contributed by atoms with Gasteiger partial charge in [0.25, 0.3) is 5.91 Å². The summed E-state index contributed by atoms with van der Waals surface area (Å²) in [4.78, 5) is 33.2. The van der Waals surface area contributed by atoms with Gasteiger partial charge in [-0.15, -0.1) is 0 Å². The highest BCUT2D eigenvalue weighted by Gasteiger charge is 2.31. The molecule has 7 nitrogen and oxygen atoms in total. The summed E-state index contributed by atoms with van der Waals surface area (Å²) in [6.45, 7) is 0.762. The molecule has 0 aromatic rings. The van der Waals surface area contributed by atoms with Gasteiger partial charge in [0.1, 0.15) is 6.04 Å². The molecule has 1 amide bonds. The van der Waals surface area contributed by atoms with Crippen LogP contribution in [-0.4, -0.2) is 48.1 Å². The molecule has 0 spiro atoms. The van der Waals surface area contributed by atoms with Crippen LogP contribution in [0.3, 0.4) is 0 Å². The molecular weight excluding hydrogens is 252 g/mol. The zero-order valence-electron chi connectivity index (χ0n) is 10.8. The molecule has 1 rings (SSSR count). The van der Waals surface area contributed by atoms with Crippen LogP contribution in [0.5, 0.6) is 0 Å². The molecule has 1 aliphatic rings. The number of hydrogen-bond acceptors (Lipinski definition) is 5. The van der Waals surface area contributed by atoms with Gasteiger partial charge in [-0.05, 0) is 12.8 Å². The van der Waals surface area contributed by atoms with Crippen molar-refractivity contribution in [3.8, 4) is 0 Å². The lowest BCUT2D eigenvalue weighted by Crippen LogP contribution is -2.38. The fraction of sp³-hybridized carbons (Fsp3) is 0.750. The van der Waals surface area contributed by atoms with Crippen molar-refractivity contribution in [1.29, 1.82) is 0 Å². The molecule has 1 heterocycles. The van der Waals surface area contributed by atoms with Crippen LogP contribution in [0.4, 0.5) is 0 Å². The van der Waals surface area contributed by atoms with Crippen LogP contribution in [0.2, 0.25) is 0 Å². The minimum Gasteiger partial charge on any atom is -0.480 e. The number of ketones is 1. The number of nitrogens with one attached hydrogen (secondary N) is 1. The highest BCUT2D eigenvalue weighted by molar-refractivity contribution is 6.05. The number of unbranched alkanes of at least 4 members (excludes halogenated alkanes) is 2. The number of hydrogen-bond donors (Lipinski definition) is 3. The smallest absolute Gasteiger partial charge is 0.320 e. The Morgan fingerprint density at radius 3 is 2.74 bits per heavy atom. The van der Waals surface area contributed by atoms with E-state index in [4.69, 9.17) is 15.6 Å². The summed E-state index contributed by atoms with van der Waals surface area (Å²) in [6, 6.07) is -0.820. The van der Waals surface area contributed by atoms with Crippen LogP contribution in [-0.2, 0) is 19.1 Å². The summed E-state index contributed by atoms with van der Waals surface area (Å²) in [6.07, 6.45) is 1.97. The first-order valence-electron chi connectivity index (χ1n) is 6.43. The molecule has 7 heteroatoms. The first-order valence-corrected chi connectivity index (χ1v) is 6.43. The molecule has 0 saturated carbocycles. The molecular formula is C12H20N2O5. The lowest BCUT2D eigenvalue weighted by molar-refractivity contribution is -0.139. The Kier molecular flexibility index (Phi) is 6.44. The van der Waals surface area contributed by atoms with E-state index >= 15 is 0 Å². The van der Waals surface area contributed by atoms with E-state index in [9.17, 15) is 14.4 Å². The van der Waals surface area contributed by atoms with Gasteiger partial charge in [-0.1, -0.05) is 12.8 Å². The van der Waals surface area contributed by atoms with E-state index in [1.54, 1.807) is 0 Å². The van der Waals surface area contributed by atoms with Gasteiger partial charge >= 0.3 is 5.97 Å². The fourth-order valence-corrected chi connectivity index (χ4v) is 1.82. The van der Waals surface area contributed by atoms with Crippen molar-refractivity contribution < 1.29 is 24.2 Å². The molecule has 1 aliphatic heterocycles. The maximum absolute atomic E-state index is 11.5. The molecule has 2 atom stereocenters. The number of ether oxygens (including phenoxy) is 1. The van der Waals surface area contributed by atoms with Crippen LogP contribution in [0.25, 0.3) is 0 Å². The van der Waals surface area contributed by atoms with Crippen LogP contribution in [0.1, 0.15) is 32.1 Å². The number of amides is 1. The van der Waals surface area contributed by atoms with E-state index in [1.165, 1.54) is 0 Å². The maximum atomic E-state index is 11.5. The monoisotopic (exact) mass is 272 g/mol. The van der Waals surface area contributed by atoms with Gasteiger partial charge < -0.3 is 20.9 Å². The number of carboxylic acid groups (broad SMARTS) is 1. The fourth-order valence-electron chi connectivity index (χ4n) is 1.82. The molecule has 0 aromatic carbocycles. The number of aliphatic carboxylic acids is 1. The number of rotatable bonds is 8. The van der Waals surface area contributed by atoms with Gasteiger partial charge in [-0.25, -0.2) is 0 Å². The van der Waals surface area contributed by atoms with Crippen molar-refractivity contribution >= 4 is 17.7 Å². The van der Waals surface area contributed by atoms with Gasteiger partial charge in [-0.2, -0.15) is 0 Å². The van der Waals surface area contributed by atoms with Gasteiger partial charge in [0, 0.05) is 13.0 Å². The zero-order valence-corrected chi connectivity index (χ0v) is 10.8. The molecule has 108 valence electrons. The van der Waals surface area contributed by atoms with Gasteiger partial charge in [0.05, 0.1) is 6.61 Å². The maximum Gasteiger partial charge on any atom is 0.320 e. The summed E-state index contributed by atoms with van der Waals surface area (Å²) in [5.74, 6) is -1.56. The van der Waals surface area contributed by atoms with Crippen molar-refractivity contribution in [3.63, 3.8) is 0 Å². The Morgan fingerprint density at radius 1 is 1.42 bits per heavy atom. The topological polar surface area (TPSA) is 119 Å². The SMILES string of the molecule is N[C@@H](CCCCCNC(=O)[C@H]1OCCC1=O)C(=O)O. The Morgan fingerprint density at radius 2 is 2.16 bits per heavy atom. The van der Waals surface area contributed by atoms with E-state index in [2.05, 4.69) is 5.32 Å². The van der Waals surface area contributed by atoms with Gasteiger partial charge in [-0.3, -0.25) is 14.4 Å². The normalized spacial score (nSPS) is 20.3. The number of carbonyl (C=O) groups is 3. The molecule has 0 unspecified atom stereocenters. The van der Waals surface area contributed by atoms with Crippen molar-refractivity contribution in [2.24, 2.45) is 5.73 Å². The summed E-state index contributed by atoms with van der Waals surface area (Å²) in [7, 11) is 0. The third-order valence-corrected chi connectivity index (χ3v) is 2.97. The average molecular weight is 272 g/mol. The Balaban J connectivity index is 2.03. The molecule has 1 saturated heterocycles. The van der Waals surface area contributed by atoms with Crippen molar-refractivity contribution in [2.45, 2.75) is 44.2 Å². The minimum atomic E-state index is -0.995. The lowest BCUT2D eigenvalue weighted by Gasteiger charge is -2.09. The van der Waals surface area contributed by atoms with E-state index < -0.39 is 18.1 Å². The number of carboxylic acids is 1. The van der Waals surface area contributed by atoms with Crippen molar-refractivity contribution in [3.05, 3.63) is 0 Å². The van der Waals surface area contributed by atoms with Gasteiger partial charge in [0.15, 0.2) is 11.9 Å². The second kappa shape index (κ2) is 7.85. The minimum absolute atomic E-state index is 0.176. The largest absolute Gasteiger partial charge is 0.480 e. The standard InChI is InChI=1S/C12H20N2O5/c13-8(12(17)18)4-2-1-3-6-14-11(16)10-9(15)5-7-19-10/h8,10H,1-7,13H2,(H,14,16)(H,17,18)/t8-,10-/m0/s1. The average Bonchev–Trinajstić information content (AvgIpc) is 2.79. The molecule has 1 fully saturated rings. The van der Waals surface area contributed by atoms with Crippen LogP contribution in [0.15, 0.2) is 0 Å². The Bertz CT molecular complexity index is 345. The van der Waals surface area contributed by atoms with Crippen LogP contribution < -0.4 is 11.1 Å². The number of Topliss-reactive ketones (excluding diaryl/α,β-unsaturated/α-hetero) is 1. The molecule has 0 bridgehead atoms. The van der Waals surface area contributed by atoms with E-state index in [0.29, 0.717) is 32.4 Å². The summed E-state index contributed by atoms with van der Waals surface area (Å²) in [5.41, 5.74) is 5.35. The molecule has 19 heavy (non-hydrogen) atoms. The third-order valence-electron chi connectivity index (χ3n) is 2.97. The Labute approximate surface area is 111 Å².